The number of amides is 1. The van der Waals surface area contributed by atoms with Gasteiger partial charge < -0.3 is 10.1 Å². The van der Waals surface area contributed by atoms with Crippen LogP contribution in [0.4, 0.5) is 4.39 Å². The minimum absolute atomic E-state index is 0.0562. The van der Waals surface area contributed by atoms with Crippen LogP contribution in [0.3, 0.4) is 0 Å². The fourth-order valence-electron chi connectivity index (χ4n) is 2.12. The van der Waals surface area contributed by atoms with Crippen LogP contribution in [0.15, 0.2) is 18.2 Å². The normalized spacial score (nSPS) is 15.0. The van der Waals surface area contributed by atoms with E-state index >= 15 is 0 Å². The second-order valence-corrected chi connectivity index (χ2v) is 7.08. The summed E-state index contributed by atoms with van der Waals surface area (Å²) in [4.78, 5) is 12.1. The lowest BCUT2D eigenvalue weighted by Crippen LogP contribution is -2.40. The Morgan fingerprint density at radius 3 is 2.68 bits per heavy atom. The van der Waals surface area contributed by atoms with Gasteiger partial charge in [0.15, 0.2) is 0 Å². The van der Waals surface area contributed by atoms with Crippen molar-refractivity contribution in [1.82, 2.24) is 5.32 Å². The predicted molar refractivity (Wildman–Crippen MR) is 86.8 cm³/mol. The molecule has 1 aromatic rings. The van der Waals surface area contributed by atoms with E-state index in [0.717, 1.165) is 12.8 Å². The molecule has 124 valence electrons. The summed E-state index contributed by atoms with van der Waals surface area (Å²) in [5.74, 6) is -0.102. The van der Waals surface area contributed by atoms with Crippen molar-refractivity contribution in [3.8, 4) is 5.75 Å². The average molecular weight is 329 g/mol. The molecule has 1 aromatic carbocycles. The number of carbonyl (C=O) groups excluding carboxylic acids is 1. The molecule has 0 saturated carbocycles. The molecule has 1 rings (SSSR count). The third-order valence-corrected chi connectivity index (χ3v) is 5.01. The molecule has 0 saturated heterocycles. The molecule has 0 aliphatic carbocycles. The fraction of sp³-hybridized carbons (Fsp3) is 0.562. The molecule has 0 aromatic heterocycles. The highest BCUT2D eigenvalue weighted by Crippen LogP contribution is 2.21. The third kappa shape index (κ3) is 5.40. The van der Waals surface area contributed by atoms with Crippen LogP contribution in [0.5, 0.6) is 5.75 Å². The number of carbonyl (C=O) groups is 1. The zero-order valence-electron chi connectivity index (χ0n) is 13.5. The molecular weight excluding hydrogens is 305 g/mol. The van der Waals surface area contributed by atoms with E-state index in [0.29, 0.717) is 11.3 Å². The molecule has 22 heavy (non-hydrogen) atoms. The van der Waals surface area contributed by atoms with Crippen LogP contribution in [0.1, 0.15) is 39.2 Å². The van der Waals surface area contributed by atoms with E-state index in [4.69, 9.17) is 4.74 Å². The Bertz CT molecular complexity index is 536. The van der Waals surface area contributed by atoms with Crippen molar-refractivity contribution >= 4 is 16.7 Å². The third-order valence-electron chi connectivity index (χ3n) is 3.41. The first-order valence-electron chi connectivity index (χ1n) is 7.39. The highest BCUT2D eigenvalue weighted by molar-refractivity contribution is 7.85. The number of halogens is 1. The van der Waals surface area contributed by atoms with Gasteiger partial charge in [-0.3, -0.25) is 9.00 Å². The van der Waals surface area contributed by atoms with Crippen molar-refractivity contribution in [3.63, 3.8) is 0 Å². The number of methoxy groups -OCH3 is 1. The van der Waals surface area contributed by atoms with Crippen LogP contribution < -0.4 is 10.1 Å². The fourth-order valence-corrected chi connectivity index (χ4v) is 3.21. The molecule has 6 heteroatoms. The van der Waals surface area contributed by atoms with Gasteiger partial charge in [-0.25, -0.2) is 4.39 Å². The Morgan fingerprint density at radius 1 is 1.41 bits per heavy atom. The number of hydrogen-bond acceptors (Lipinski definition) is 3. The monoisotopic (exact) mass is 329 g/mol. The van der Waals surface area contributed by atoms with Gasteiger partial charge in [0.1, 0.15) is 16.8 Å². The summed E-state index contributed by atoms with van der Waals surface area (Å²) in [6.07, 6.45) is 1.85. The zero-order chi connectivity index (χ0) is 16.7. The molecule has 0 unspecified atom stereocenters. The van der Waals surface area contributed by atoms with Crippen LogP contribution in [-0.4, -0.2) is 28.5 Å². The Balaban J connectivity index is 2.72. The van der Waals surface area contributed by atoms with Crippen LogP contribution in [-0.2, 0) is 21.3 Å². The second kappa shape index (κ2) is 8.88. The van der Waals surface area contributed by atoms with Gasteiger partial charge in [-0.15, -0.1) is 0 Å². The summed E-state index contributed by atoms with van der Waals surface area (Å²) in [5, 5.41) is 2.19. The Hall–Kier alpha value is -1.43. The summed E-state index contributed by atoms with van der Waals surface area (Å²) in [6, 6.07) is 4.13. The van der Waals surface area contributed by atoms with Crippen molar-refractivity contribution in [1.29, 1.82) is 0 Å². The van der Waals surface area contributed by atoms with Gasteiger partial charge in [0.05, 0.1) is 12.9 Å². The van der Waals surface area contributed by atoms with Crippen molar-refractivity contribution in [2.45, 2.75) is 50.7 Å². The molecule has 3 atom stereocenters. The van der Waals surface area contributed by atoms with E-state index < -0.39 is 21.9 Å². The summed E-state index contributed by atoms with van der Waals surface area (Å²) >= 11 is 0. The van der Waals surface area contributed by atoms with E-state index in [1.807, 2.05) is 13.8 Å². The number of hydrogen-bond donors (Lipinski definition) is 1. The molecular formula is C16H24FNO3S. The van der Waals surface area contributed by atoms with Gasteiger partial charge in [0.2, 0.25) is 5.91 Å². The van der Waals surface area contributed by atoms with Gasteiger partial charge in [0, 0.05) is 22.4 Å². The van der Waals surface area contributed by atoms with E-state index in [1.165, 1.54) is 25.3 Å². The van der Waals surface area contributed by atoms with Crippen molar-refractivity contribution in [2.24, 2.45) is 0 Å². The first-order valence-corrected chi connectivity index (χ1v) is 8.77. The number of rotatable bonds is 8. The Labute approximate surface area is 133 Å². The van der Waals surface area contributed by atoms with Crippen LogP contribution in [0, 0.1) is 5.82 Å². The first kappa shape index (κ1) is 18.6. The summed E-state index contributed by atoms with van der Waals surface area (Å²) in [7, 11) is 0.0294. The molecule has 1 N–H and O–H groups in total. The molecule has 0 spiro atoms. The quantitative estimate of drug-likeness (QED) is 0.798. The number of ether oxygens (including phenoxy) is 1. The largest absolute Gasteiger partial charge is 0.496 e. The lowest BCUT2D eigenvalue weighted by Gasteiger charge is -2.17. The van der Waals surface area contributed by atoms with Crippen molar-refractivity contribution in [2.75, 3.05) is 7.11 Å². The standard InChI is InChI=1S/C16H24FNO3S/c1-5-6-11(2)18-16(19)12(3)22(20)10-13-9-14(17)7-8-15(13)21-4/h7-9,11-12H,5-6,10H2,1-4H3,(H,18,19)/t11-,12-,22-/m0/s1. The van der Waals surface area contributed by atoms with E-state index in [-0.39, 0.29) is 17.7 Å². The van der Waals surface area contributed by atoms with Crippen LogP contribution >= 0.6 is 0 Å². The van der Waals surface area contributed by atoms with Gasteiger partial charge >= 0.3 is 0 Å². The average Bonchev–Trinajstić information content (AvgIpc) is 2.46. The van der Waals surface area contributed by atoms with Crippen molar-refractivity contribution < 1.29 is 18.1 Å². The minimum atomic E-state index is -1.45. The highest BCUT2D eigenvalue weighted by atomic mass is 32.2. The molecule has 1 amide bonds. The molecule has 0 heterocycles. The SMILES string of the molecule is CCC[C@H](C)NC(=O)[C@H](C)[S@@](=O)Cc1cc(F)ccc1OC. The van der Waals surface area contributed by atoms with Crippen molar-refractivity contribution in [3.05, 3.63) is 29.6 Å². The molecule has 0 radical (unpaired) electrons. The van der Waals surface area contributed by atoms with E-state index in [1.54, 1.807) is 6.92 Å². The second-order valence-electron chi connectivity index (χ2n) is 5.32. The summed E-state index contributed by atoms with van der Waals surface area (Å²) in [6.45, 7) is 5.59. The smallest absolute Gasteiger partial charge is 0.235 e. The minimum Gasteiger partial charge on any atom is -0.496 e. The van der Waals surface area contributed by atoms with Gasteiger partial charge in [-0.1, -0.05) is 13.3 Å². The van der Waals surface area contributed by atoms with Gasteiger partial charge in [0.25, 0.3) is 0 Å². The summed E-state index contributed by atoms with van der Waals surface area (Å²) in [5.41, 5.74) is 0.502. The van der Waals surface area contributed by atoms with E-state index in [9.17, 15) is 13.4 Å². The van der Waals surface area contributed by atoms with E-state index in [2.05, 4.69) is 5.32 Å². The predicted octanol–water partition coefficient (Wildman–Crippen LogP) is 2.78. The lowest BCUT2D eigenvalue weighted by molar-refractivity contribution is -0.121. The maximum atomic E-state index is 13.3. The molecule has 4 nitrogen and oxygen atoms in total. The lowest BCUT2D eigenvalue weighted by atomic mass is 10.2. The van der Waals surface area contributed by atoms with Crippen LogP contribution in [0.2, 0.25) is 0 Å². The Kier molecular flexibility index (Phi) is 7.51. The topological polar surface area (TPSA) is 55.4 Å². The maximum absolute atomic E-state index is 13.3. The molecule has 0 aliphatic rings. The van der Waals surface area contributed by atoms with Gasteiger partial charge in [-0.2, -0.15) is 0 Å². The Morgan fingerprint density at radius 2 is 2.09 bits per heavy atom. The number of benzene rings is 1. The number of nitrogens with one attached hydrogen (secondary N) is 1. The first-order chi connectivity index (χ1) is 10.4. The van der Waals surface area contributed by atoms with Crippen LogP contribution in [0.25, 0.3) is 0 Å². The van der Waals surface area contributed by atoms with Gasteiger partial charge in [-0.05, 0) is 38.5 Å². The molecule has 0 fully saturated rings. The highest BCUT2D eigenvalue weighted by Gasteiger charge is 2.22. The molecule has 0 bridgehead atoms. The summed E-state index contributed by atoms with van der Waals surface area (Å²) < 4.78 is 30.8. The molecule has 0 aliphatic heterocycles. The zero-order valence-corrected chi connectivity index (χ0v) is 14.3. The maximum Gasteiger partial charge on any atom is 0.235 e.